The van der Waals surface area contributed by atoms with Crippen molar-refractivity contribution in [3.05, 3.63) is 59.2 Å². The highest BCUT2D eigenvalue weighted by Crippen LogP contribution is 2.23. The molecule has 1 heterocycles. The second-order valence-electron chi connectivity index (χ2n) is 7.97. The van der Waals surface area contributed by atoms with Gasteiger partial charge in [-0.15, -0.1) is 0 Å². The van der Waals surface area contributed by atoms with Crippen molar-refractivity contribution in [3.63, 3.8) is 0 Å². The Kier molecular flexibility index (Phi) is 7.38. The van der Waals surface area contributed by atoms with Gasteiger partial charge < -0.3 is 9.64 Å². The number of nitrogens with zero attached hydrogens (tertiary/aromatic N) is 2. The molecule has 0 N–H and O–H groups in total. The maximum Gasteiger partial charge on any atom is 0.253 e. The third-order valence-electron chi connectivity index (χ3n) is 5.93. The number of hydrogen-bond donors (Lipinski definition) is 0. The number of carbonyl (C=O) groups excluding carboxylic acids is 1. The first-order valence-corrected chi connectivity index (χ1v) is 12.3. The van der Waals surface area contributed by atoms with Crippen molar-refractivity contribution < 1.29 is 17.9 Å². The quantitative estimate of drug-likeness (QED) is 0.647. The van der Waals surface area contributed by atoms with E-state index in [1.54, 1.807) is 36.9 Å². The lowest BCUT2D eigenvalue weighted by molar-refractivity contribution is 0.0595. The molecule has 2 aromatic carbocycles. The van der Waals surface area contributed by atoms with Gasteiger partial charge in [0.25, 0.3) is 5.91 Å². The Hall–Kier alpha value is -2.38. The van der Waals surface area contributed by atoms with Crippen LogP contribution in [0.2, 0.25) is 0 Å². The van der Waals surface area contributed by atoms with Gasteiger partial charge in [-0.2, -0.15) is 4.31 Å². The molecule has 1 aliphatic heterocycles. The molecule has 0 unspecified atom stereocenters. The van der Waals surface area contributed by atoms with E-state index in [4.69, 9.17) is 4.74 Å². The lowest BCUT2D eigenvalue weighted by Crippen LogP contribution is -2.41. The number of carbonyl (C=O) groups is 1. The number of amides is 1. The largest absolute Gasteiger partial charge is 0.490 e. The summed E-state index contributed by atoms with van der Waals surface area (Å²) >= 11 is 0. The van der Waals surface area contributed by atoms with Crippen LogP contribution in [0, 0.1) is 13.8 Å². The van der Waals surface area contributed by atoms with Gasteiger partial charge in [-0.1, -0.05) is 26.0 Å². The molecule has 6 nitrogen and oxygen atoms in total. The molecule has 0 atom stereocenters. The number of piperidine rings is 1. The molecule has 2 aromatic rings. The highest BCUT2D eigenvalue weighted by atomic mass is 32.2. The molecule has 0 aromatic heterocycles. The minimum absolute atomic E-state index is 0.0699. The zero-order valence-corrected chi connectivity index (χ0v) is 19.6. The maximum atomic E-state index is 13.0. The fourth-order valence-electron chi connectivity index (χ4n) is 3.84. The smallest absolute Gasteiger partial charge is 0.253 e. The first kappa shape index (κ1) is 23.3. The van der Waals surface area contributed by atoms with Crippen LogP contribution < -0.4 is 4.74 Å². The first-order chi connectivity index (χ1) is 14.8. The number of sulfonamides is 1. The molecule has 1 aliphatic rings. The van der Waals surface area contributed by atoms with E-state index in [2.05, 4.69) is 26.0 Å². The predicted molar refractivity (Wildman–Crippen MR) is 122 cm³/mol. The van der Waals surface area contributed by atoms with Crippen molar-refractivity contribution in [1.82, 2.24) is 9.21 Å². The van der Waals surface area contributed by atoms with E-state index in [0.717, 1.165) is 18.6 Å². The van der Waals surface area contributed by atoms with Crippen LogP contribution >= 0.6 is 0 Å². The summed E-state index contributed by atoms with van der Waals surface area (Å²) in [6, 6.07) is 12.5. The van der Waals surface area contributed by atoms with Crippen molar-refractivity contribution in [2.75, 3.05) is 26.2 Å². The van der Waals surface area contributed by atoms with Crippen molar-refractivity contribution in [1.29, 1.82) is 0 Å². The maximum absolute atomic E-state index is 13.0. The molecule has 0 aliphatic carbocycles. The molecule has 168 valence electrons. The number of hydrogen-bond acceptors (Lipinski definition) is 4. The molecule has 1 saturated heterocycles. The molecule has 31 heavy (non-hydrogen) atoms. The number of ether oxygens (including phenoxy) is 1. The lowest BCUT2D eigenvalue weighted by atomic mass is 10.1. The fraction of sp³-hybridized carbons (Fsp3) is 0.458. The van der Waals surface area contributed by atoms with E-state index in [1.165, 1.54) is 21.5 Å². The van der Waals surface area contributed by atoms with Crippen LogP contribution in [0.4, 0.5) is 0 Å². The highest BCUT2D eigenvalue weighted by molar-refractivity contribution is 7.89. The Morgan fingerprint density at radius 3 is 2.32 bits per heavy atom. The predicted octanol–water partition coefficient (Wildman–Crippen LogP) is 4.02. The van der Waals surface area contributed by atoms with Gasteiger partial charge in [0, 0.05) is 44.6 Å². The van der Waals surface area contributed by atoms with Gasteiger partial charge in [0.2, 0.25) is 10.0 Å². The van der Waals surface area contributed by atoms with Crippen LogP contribution in [0.25, 0.3) is 0 Å². The van der Waals surface area contributed by atoms with Gasteiger partial charge in [-0.05, 0) is 55.3 Å². The van der Waals surface area contributed by atoms with Crippen LogP contribution in [0.3, 0.4) is 0 Å². The van der Waals surface area contributed by atoms with E-state index >= 15 is 0 Å². The van der Waals surface area contributed by atoms with Gasteiger partial charge in [-0.3, -0.25) is 4.79 Å². The summed E-state index contributed by atoms with van der Waals surface area (Å²) in [5.41, 5.74) is 2.84. The van der Waals surface area contributed by atoms with Crippen LogP contribution in [-0.4, -0.2) is 55.8 Å². The van der Waals surface area contributed by atoms with Gasteiger partial charge in [0.15, 0.2) is 0 Å². The lowest BCUT2D eigenvalue weighted by Gasteiger charge is -2.32. The molecule has 0 bridgehead atoms. The van der Waals surface area contributed by atoms with E-state index in [-0.39, 0.29) is 16.9 Å². The molecular weight excluding hydrogens is 412 g/mol. The Morgan fingerprint density at radius 1 is 1.03 bits per heavy atom. The van der Waals surface area contributed by atoms with E-state index in [0.29, 0.717) is 31.7 Å². The van der Waals surface area contributed by atoms with Crippen molar-refractivity contribution in [2.24, 2.45) is 0 Å². The number of benzene rings is 2. The minimum Gasteiger partial charge on any atom is -0.490 e. The van der Waals surface area contributed by atoms with E-state index < -0.39 is 10.0 Å². The topological polar surface area (TPSA) is 66.9 Å². The molecule has 7 heteroatoms. The van der Waals surface area contributed by atoms with Crippen LogP contribution in [0.5, 0.6) is 5.75 Å². The summed E-state index contributed by atoms with van der Waals surface area (Å²) in [6.07, 6.45) is 1.56. The molecule has 0 spiro atoms. The molecule has 1 fully saturated rings. The summed E-state index contributed by atoms with van der Waals surface area (Å²) in [7, 11) is -3.60. The molecular formula is C24H32N2O4S. The molecule has 1 amide bonds. The van der Waals surface area contributed by atoms with Crippen LogP contribution in [0.1, 0.15) is 48.2 Å². The summed E-state index contributed by atoms with van der Waals surface area (Å²) in [6.45, 7) is 9.71. The Morgan fingerprint density at radius 2 is 1.71 bits per heavy atom. The third-order valence-corrected chi connectivity index (χ3v) is 7.98. The summed E-state index contributed by atoms with van der Waals surface area (Å²) in [5, 5.41) is 0. The number of rotatable bonds is 7. The first-order valence-electron chi connectivity index (χ1n) is 10.9. The fourth-order valence-corrected chi connectivity index (χ4v) is 5.35. The zero-order chi connectivity index (χ0) is 22.6. The summed E-state index contributed by atoms with van der Waals surface area (Å²) in [4.78, 5) is 15.0. The van der Waals surface area contributed by atoms with Crippen LogP contribution in [-0.2, 0) is 10.0 Å². The van der Waals surface area contributed by atoms with Crippen molar-refractivity contribution >= 4 is 15.9 Å². The molecule has 0 saturated carbocycles. The second-order valence-corrected chi connectivity index (χ2v) is 9.91. The normalized spacial score (nSPS) is 15.3. The number of aryl methyl sites for hydroxylation is 2. The highest BCUT2D eigenvalue weighted by Gasteiger charge is 2.27. The minimum atomic E-state index is -3.60. The Labute approximate surface area is 185 Å². The second kappa shape index (κ2) is 9.83. The monoisotopic (exact) mass is 444 g/mol. The Balaban J connectivity index is 1.65. The number of likely N-dealkylation sites (tertiary alicyclic amines) is 1. The van der Waals surface area contributed by atoms with E-state index in [1.807, 2.05) is 6.07 Å². The van der Waals surface area contributed by atoms with Crippen molar-refractivity contribution in [3.8, 4) is 5.75 Å². The van der Waals surface area contributed by atoms with Gasteiger partial charge in [0.1, 0.15) is 11.9 Å². The third kappa shape index (κ3) is 5.28. The van der Waals surface area contributed by atoms with Gasteiger partial charge >= 0.3 is 0 Å². The van der Waals surface area contributed by atoms with Crippen LogP contribution in [0.15, 0.2) is 47.4 Å². The summed E-state index contributed by atoms with van der Waals surface area (Å²) < 4.78 is 33.1. The molecule has 3 rings (SSSR count). The van der Waals surface area contributed by atoms with Gasteiger partial charge in [0.05, 0.1) is 4.90 Å². The summed E-state index contributed by atoms with van der Waals surface area (Å²) in [5.74, 6) is 0.725. The standard InChI is InChI=1S/C24H32N2O4S/c1-5-26(6-2)31(28,29)23-9-7-8-20(17-23)24(27)25-14-12-21(13-15-25)30-22-11-10-18(3)19(4)16-22/h7-11,16-17,21H,5-6,12-15H2,1-4H3. The molecule has 0 radical (unpaired) electrons. The average molecular weight is 445 g/mol. The Bertz CT molecular complexity index is 1020. The average Bonchev–Trinajstić information content (AvgIpc) is 2.77. The SMILES string of the molecule is CCN(CC)S(=O)(=O)c1cccc(C(=O)N2CCC(Oc3ccc(C)c(C)c3)CC2)c1. The van der Waals surface area contributed by atoms with Crippen molar-refractivity contribution in [2.45, 2.75) is 51.5 Å². The van der Waals surface area contributed by atoms with E-state index in [9.17, 15) is 13.2 Å². The van der Waals surface area contributed by atoms with Gasteiger partial charge in [-0.25, -0.2) is 8.42 Å². The zero-order valence-electron chi connectivity index (χ0n) is 18.8.